The van der Waals surface area contributed by atoms with Crippen molar-refractivity contribution in [3.8, 4) is 0 Å². The molecule has 0 saturated carbocycles. The van der Waals surface area contributed by atoms with E-state index in [2.05, 4.69) is 10.4 Å². The first kappa shape index (κ1) is 20.6. The van der Waals surface area contributed by atoms with E-state index in [1.54, 1.807) is 12.1 Å². The molecule has 1 N–H and O–H groups in total. The van der Waals surface area contributed by atoms with Gasteiger partial charge in [-0.1, -0.05) is 29.8 Å². The maximum atomic E-state index is 12.7. The number of hydrogen-bond donors (Lipinski definition) is 1. The predicted octanol–water partition coefficient (Wildman–Crippen LogP) is 4.76. The second-order valence-electron chi connectivity index (χ2n) is 6.91. The normalized spacial score (nSPS) is 11.7. The molecule has 0 fully saturated rings. The van der Waals surface area contributed by atoms with Crippen LogP contribution in [-0.2, 0) is 16.4 Å². The average Bonchev–Trinajstić information content (AvgIpc) is 3.25. The lowest BCUT2D eigenvalue weighted by atomic mass is 10.2. The molecule has 0 aliphatic rings. The molecule has 30 heavy (non-hydrogen) atoms. The second kappa shape index (κ2) is 7.86. The molecule has 154 valence electrons. The first-order valence-corrected chi connectivity index (χ1v) is 12.1. The molecular weight excluding hydrogens is 442 g/mol. The van der Waals surface area contributed by atoms with Crippen LogP contribution in [0.5, 0.6) is 0 Å². The molecule has 1 amide bonds. The van der Waals surface area contributed by atoms with Crippen molar-refractivity contribution in [2.75, 3.05) is 11.6 Å². The number of amides is 1. The molecule has 0 atom stereocenters. The molecule has 0 aliphatic carbocycles. The number of nitrogens with one attached hydrogen (secondary N) is 1. The zero-order chi connectivity index (χ0) is 21.5. The van der Waals surface area contributed by atoms with Gasteiger partial charge in [0.15, 0.2) is 9.84 Å². The third-order valence-electron chi connectivity index (χ3n) is 4.65. The summed E-state index contributed by atoms with van der Waals surface area (Å²) in [5.41, 5.74) is 2.32. The molecule has 6 nitrogen and oxygen atoms in total. The Balaban J connectivity index is 1.59. The Hall–Kier alpha value is -2.68. The van der Waals surface area contributed by atoms with E-state index in [4.69, 9.17) is 11.6 Å². The molecule has 0 bridgehead atoms. The highest BCUT2D eigenvalue weighted by atomic mass is 35.5. The summed E-state index contributed by atoms with van der Waals surface area (Å²) in [5, 5.41) is 8.99. The van der Waals surface area contributed by atoms with Crippen LogP contribution in [0.15, 0.2) is 59.5 Å². The van der Waals surface area contributed by atoms with Crippen molar-refractivity contribution in [2.45, 2.75) is 18.4 Å². The Kier molecular flexibility index (Phi) is 5.40. The van der Waals surface area contributed by atoms with Crippen molar-refractivity contribution >= 4 is 54.6 Å². The minimum Gasteiger partial charge on any atom is -0.321 e. The number of carbonyl (C=O) groups is 1. The molecule has 2 aromatic carbocycles. The molecule has 0 spiro atoms. The smallest absolute Gasteiger partial charge is 0.265 e. The highest BCUT2D eigenvalue weighted by Gasteiger charge is 2.17. The van der Waals surface area contributed by atoms with Crippen LogP contribution in [0.25, 0.3) is 10.2 Å². The van der Waals surface area contributed by atoms with E-state index in [1.165, 1.54) is 23.5 Å². The standard InChI is InChI=1S/C21H18ClN3O3S2/c1-13-17-11-19(20(26)23-15-7-9-16(10-8-15)30(2,27)28)29-21(17)25(24-13)12-14-5-3-4-6-18(14)22/h3-11H,12H2,1-2H3,(H,23,26). The van der Waals surface area contributed by atoms with Crippen molar-refractivity contribution in [1.29, 1.82) is 0 Å². The summed E-state index contributed by atoms with van der Waals surface area (Å²) in [6, 6.07) is 15.5. The maximum Gasteiger partial charge on any atom is 0.265 e. The lowest BCUT2D eigenvalue weighted by Crippen LogP contribution is -2.10. The van der Waals surface area contributed by atoms with Crippen LogP contribution in [0.1, 0.15) is 20.9 Å². The molecule has 2 heterocycles. The van der Waals surface area contributed by atoms with Crippen LogP contribution in [-0.4, -0.2) is 30.4 Å². The zero-order valence-electron chi connectivity index (χ0n) is 16.2. The number of aryl methyl sites for hydroxylation is 1. The Morgan fingerprint density at radius 2 is 1.87 bits per heavy atom. The fourth-order valence-corrected chi connectivity index (χ4v) is 4.98. The SMILES string of the molecule is Cc1nn(Cc2ccccc2Cl)c2sc(C(=O)Nc3ccc(S(C)(=O)=O)cc3)cc12. The number of fused-ring (bicyclic) bond motifs is 1. The summed E-state index contributed by atoms with van der Waals surface area (Å²) in [4.78, 5) is 14.4. The van der Waals surface area contributed by atoms with Crippen molar-refractivity contribution in [1.82, 2.24) is 9.78 Å². The molecule has 4 aromatic rings. The first-order valence-electron chi connectivity index (χ1n) is 9.04. The lowest BCUT2D eigenvalue weighted by Gasteiger charge is -2.06. The van der Waals surface area contributed by atoms with Gasteiger partial charge in [0.05, 0.1) is 22.0 Å². The highest BCUT2D eigenvalue weighted by Crippen LogP contribution is 2.30. The monoisotopic (exact) mass is 459 g/mol. The van der Waals surface area contributed by atoms with Crippen LogP contribution in [0.3, 0.4) is 0 Å². The second-order valence-corrected chi connectivity index (χ2v) is 10.4. The zero-order valence-corrected chi connectivity index (χ0v) is 18.6. The topological polar surface area (TPSA) is 81.1 Å². The van der Waals surface area contributed by atoms with Gasteiger partial charge in [0, 0.05) is 22.4 Å². The molecule has 9 heteroatoms. The van der Waals surface area contributed by atoms with Crippen LogP contribution < -0.4 is 5.32 Å². The molecule has 0 radical (unpaired) electrons. The van der Waals surface area contributed by atoms with E-state index in [0.717, 1.165) is 27.7 Å². The van der Waals surface area contributed by atoms with E-state index >= 15 is 0 Å². The lowest BCUT2D eigenvalue weighted by molar-refractivity contribution is 0.103. The first-order chi connectivity index (χ1) is 14.2. The summed E-state index contributed by atoms with van der Waals surface area (Å²) in [7, 11) is -3.28. The molecule has 2 aromatic heterocycles. The quantitative estimate of drug-likeness (QED) is 0.466. The van der Waals surface area contributed by atoms with Crippen LogP contribution >= 0.6 is 22.9 Å². The van der Waals surface area contributed by atoms with Crippen molar-refractivity contribution in [2.24, 2.45) is 0 Å². The number of anilines is 1. The van der Waals surface area contributed by atoms with Crippen molar-refractivity contribution < 1.29 is 13.2 Å². The minimum atomic E-state index is -3.28. The number of aromatic nitrogens is 2. The molecule has 0 aliphatic heterocycles. The van der Waals surface area contributed by atoms with Gasteiger partial charge < -0.3 is 5.32 Å². The minimum absolute atomic E-state index is 0.206. The van der Waals surface area contributed by atoms with E-state index < -0.39 is 9.84 Å². The van der Waals surface area contributed by atoms with Gasteiger partial charge in [-0.25, -0.2) is 8.42 Å². The van der Waals surface area contributed by atoms with E-state index in [1.807, 2.05) is 41.9 Å². The predicted molar refractivity (Wildman–Crippen MR) is 120 cm³/mol. The van der Waals surface area contributed by atoms with Gasteiger partial charge >= 0.3 is 0 Å². The van der Waals surface area contributed by atoms with Gasteiger partial charge in [0.25, 0.3) is 5.91 Å². The Morgan fingerprint density at radius 3 is 2.53 bits per heavy atom. The third-order valence-corrected chi connectivity index (χ3v) is 7.29. The van der Waals surface area contributed by atoms with Crippen LogP contribution in [0, 0.1) is 6.92 Å². The average molecular weight is 460 g/mol. The summed E-state index contributed by atoms with van der Waals surface area (Å²) >= 11 is 7.63. The summed E-state index contributed by atoms with van der Waals surface area (Å²) in [5.74, 6) is -0.257. The fraction of sp³-hybridized carbons (Fsp3) is 0.143. The van der Waals surface area contributed by atoms with Gasteiger partial charge in [-0.3, -0.25) is 9.48 Å². The van der Waals surface area contributed by atoms with Crippen molar-refractivity contribution in [3.63, 3.8) is 0 Å². The molecule has 0 unspecified atom stereocenters. The number of thiophene rings is 1. The van der Waals surface area contributed by atoms with Gasteiger partial charge in [0.2, 0.25) is 0 Å². The fourth-order valence-electron chi connectivity index (χ4n) is 3.10. The third kappa shape index (κ3) is 4.12. The maximum absolute atomic E-state index is 12.7. The molecule has 0 saturated heterocycles. The number of halogens is 1. The van der Waals surface area contributed by atoms with Gasteiger partial charge in [-0.15, -0.1) is 11.3 Å². The van der Waals surface area contributed by atoms with Gasteiger partial charge in [-0.05, 0) is 48.9 Å². The molecular formula is C21H18ClN3O3S2. The van der Waals surface area contributed by atoms with Crippen LogP contribution in [0.2, 0.25) is 5.02 Å². The Morgan fingerprint density at radius 1 is 1.17 bits per heavy atom. The van der Waals surface area contributed by atoms with E-state index in [9.17, 15) is 13.2 Å². The van der Waals surface area contributed by atoms with E-state index in [-0.39, 0.29) is 10.8 Å². The summed E-state index contributed by atoms with van der Waals surface area (Å²) in [6.45, 7) is 2.42. The van der Waals surface area contributed by atoms with Crippen LogP contribution in [0.4, 0.5) is 5.69 Å². The number of hydrogen-bond acceptors (Lipinski definition) is 5. The summed E-state index contributed by atoms with van der Waals surface area (Å²) < 4.78 is 25.0. The number of benzene rings is 2. The number of nitrogens with zero attached hydrogens (tertiary/aromatic N) is 2. The van der Waals surface area contributed by atoms with Gasteiger partial charge in [-0.2, -0.15) is 5.10 Å². The summed E-state index contributed by atoms with van der Waals surface area (Å²) in [6.07, 6.45) is 1.14. The Bertz CT molecular complexity index is 1360. The number of carbonyl (C=O) groups excluding carboxylic acids is 1. The number of rotatable bonds is 5. The molecule has 4 rings (SSSR count). The number of sulfone groups is 1. The van der Waals surface area contributed by atoms with E-state index in [0.29, 0.717) is 22.1 Å². The Labute approximate surface area is 183 Å². The highest BCUT2D eigenvalue weighted by molar-refractivity contribution is 7.90. The van der Waals surface area contributed by atoms with Crippen molar-refractivity contribution in [3.05, 3.63) is 75.8 Å². The largest absolute Gasteiger partial charge is 0.321 e. The van der Waals surface area contributed by atoms with Gasteiger partial charge in [0.1, 0.15) is 4.83 Å².